The molecule has 0 unspecified atom stereocenters. The van der Waals surface area contributed by atoms with Crippen LogP contribution in [0.1, 0.15) is 23.2 Å². The Bertz CT molecular complexity index is 1410. The SMILES string of the molecule is NC(=O)C1(S(=O)(=O)c2ccc(-c3ccc4cc(C(=O)N5CCOCC5)ccc4c3)cc2)CCOCC1. The van der Waals surface area contributed by atoms with Crippen LogP contribution in [-0.2, 0) is 24.1 Å². The van der Waals surface area contributed by atoms with Crippen LogP contribution >= 0.6 is 0 Å². The molecule has 3 aromatic carbocycles. The van der Waals surface area contributed by atoms with Crippen LogP contribution in [0.15, 0.2) is 65.6 Å². The van der Waals surface area contributed by atoms with Gasteiger partial charge in [-0.1, -0.05) is 30.3 Å². The van der Waals surface area contributed by atoms with E-state index in [0.29, 0.717) is 31.9 Å². The van der Waals surface area contributed by atoms with Crippen molar-refractivity contribution in [3.8, 4) is 11.1 Å². The number of fused-ring (bicyclic) bond motifs is 1. The smallest absolute Gasteiger partial charge is 0.254 e. The number of morpholine rings is 1. The van der Waals surface area contributed by atoms with E-state index in [-0.39, 0.29) is 36.9 Å². The van der Waals surface area contributed by atoms with Gasteiger partial charge in [-0.2, -0.15) is 0 Å². The Labute approximate surface area is 209 Å². The number of ether oxygens (including phenoxy) is 2. The molecule has 0 radical (unpaired) electrons. The average Bonchev–Trinajstić information content (AvgIpc) is 2.93. The molecule has 36 heavy (non-hydrogen) atoms. The minimum Gasteiger partial charge on any atom is -0.381 e. The molecular weight excluding hydrogens is 480 g/mol. The fourth-order valence-corrected chi connectivity index (χ4v) is 6.82. The maximum atomic E-state index is 13.4. The summed E-state index contributed by atoms with van der Waals surface area (Å²) in [6.45, 7) is 2.65. The number of hydrogen-bond acceptors (Lipinski definition) is 6. The third-order valence-electron chi connectivity index (χ3n) is 7.15. The minimum absolute atomic E-state index is 0.000615. The maximum absolute atomic E-state index is 13.4. The number of carbonyl (C=O) groups excluding carboxylic acids is 2. The zero-order chi connectivity index (χ0) is 25.3. The van der Waals surface area contributed by atoms with Gasteiger partial charge in [0.15, 0.2) is 14.6 Å². The lowest BCUT2D eigenvalue weighted by atomic mass is 9.98. The van der Waals surface area contributed by atoms with Gasteiger partial charge in [-0.05, 0) is 65.1 Å². The molecule has 5 rings (SSSR count). The number of benzene rings is 3. The summed E-state index contributed by atoms with van der Waals surface area (Å²) in [5, 5.41) is 1.91. The molecule has 2 aliphatic rings. The molecule has 2 saturated heterocycles. The molecule has 0 aromatic heterocycles. The van der Waals surface area contributed by atoms with E-state index in [4.69, 9.17) is 15.2 Å². The fraction of sp³-hybridized carbons (Fsp3) is 0.333. The van der Waals surface area contributed by atoms with Crippen molar-refractivity contribution < 1.29 is 27.5 Å². The third kappa shape index (κ3) is 4.27. The first-order valence-electron chi connectivity index (χ1n) is 12.0. The summed E-state index contributed by atoms with van der Waals surface area (Å²) in [6.07, 6.45) is 0.0975. The lowest BCUT2D eigenvalue weighted by Crippen LogP contribution is -2.53. The van der Waals surface area contributed by atoms with Gasteiger partial charge in [0, 0.05) is 31.9 Å². The lowest BCUT2D eigenvalue weighted by molar-refractivity contribution is -0.122. The summed E-state index contributed by atoms with van der Waals surface area (Å²) >= 11 is 0. The molecule has 9 heteroatoms. The van der Waals surface area contributed by atoms with E-state index >= 15 is 0 Å². The zero-order valence-electron chi connectivity index (χ0n) is 19.8. The Morgan fingerprint density at radius 3 is 2.03 bits per heavy atom. The van der Waals surface area contributed by atoms with Gasteiger partial charge in [-0.25, -0.2) is 8.42 Å². The summed E-state index contributed by atoms with van der Waals surface area (Å²) in [4.78, 5) is 26.9. The predicted octanol–water partition coefficient (Wildman–Crippen LogP) is 2.79. The van der Waals surface area contributed by atoms with Crippen molar-refractivity contribution in [3.05, 3.63) is 66.2 Å². The predicted molar refractivity (Wildman–Crippen MR) is 135 cm³/mol. The Morgan fingerprint density at radius 2 is 1.36 bits per heavy atom. The van der Waals surface area contributed by atoms with Gasteiger partial charge in [0.1, 0.15) is 0 Å². The highest BCUT2D eigenvalue weighted by molar-refractivity contribution is 7.93. The fourth-order valence-electron chi connectivity index (χ4n) is 4.91. The van der Waals surface area contributed by atoms with Crippen molar-refractivity contribution in [1.82, 2.24) is 4.90 Å². The highest BCUT2D eigenvalue weighted by Crippen LogP contribution is 2.36. The third-order valence-corrected chi connectivity index (χ3v) is 9.68. The molecule has 0 aliphatic carbocycles. The Morgan fingerprint density at radius 1 is 0.778 bits per heavy atom. The number of amides is 2. The van der Waals surface area contributed by atoms with Crippen LogP contribution in [0, 0.1) is 0 Å². The molecule has 0 saturated carbocycles. The molecule has 8 nitrogen and oxygen atoms in total. The molecule has 2 N–H and O–H groups in total. The number of primary amides is 1. The van der Waals surface area contributed by atoms with E-state index in [1.54, 1.807) is 17.0 Å². The second kappa shape index (κ2) is 9.65. The zero-order valence-corrected chi connectivity index (χ0v) is 20.6. The van der Waals surface area contributed by atoms with Gasteiger partial charge in [-0.3, -0.25) is 9.59 Å². The van der Waals surface area contributed by atoms with E-state index < -0.39 is 20.5 Å². The molecule has 0 spiro atoms. The highest BCUT2D eigenvalue weighted by Gasteiger charge is 2.51. The number of nitrogens with zero attached hydrogens (tertiary/aromatic N) is 1. The first-order valence-corrected chi connectivity index (χ1v) is 13.4. The van der Waals surface area contributed by atoms with E-state index in [2.05, 4.69) is 0 Å². The standard InChI is InChI=1S/C27H28N2O6S/c28-26(31)27(9-13-34-14-10-27)36(32,33)24-7-5-19(6-8-24)20-1-2-22-18-23(4-3-21(22)17-20)25(30)29-11-15-35-16-12-29/h1-8,17-18H,9-16H2,(H2,28,31). The molecule has 2 heterocycles. The van der Waals surface area contributed by atoms with Gasteiger partial charge in [0.25, 0.3) is 5.91 Å². The Kier molecular flexibility index (Phi) is 6.55. The molecule has 0 atom stereocenters. The van der Waals surface area contributed by atoms with Gasteiger partial charge in [-0.15, -0.1) is 0 Å². The largest absolute Gasteiger partial charge is 0.381 e. The van der Waals surface area contributed by atoms with Gasteiger partial charge < -0.3 is 20.1 Å². The quantitative estimate of drug-likeness (QED) is 0.567. The van der Waals surface area contributed by atoms with Crippen molar-refractivity contribution in [3.63, 3.8) is 0 Å². The summed E-state index contributed by atoms with van der Waals surface area (Å²) < 4.78 is 35.7. The van der Waals surface area contributed by atoms with Gasteiger partial charge >= 0.3 is 0 Å². The Hall–Kier alpha value is -3.27. The monoisotopic (exact) mass is 508 g/mol. The van der Waals surface area contributed by atoms with Crippen LogP contribution in [-0.4, -0.2) is 69.4 Å². The topological polar surface area (TPSA) is 116 Å². The minimum atomic E-state index is -3.98. The van der Waals surface area contributed by atoms with Crippen molar-refractivity contribution in [1.29, 1.82) is 0 Å². The van der Waals surface area contributed by atoms with Crippen LogP contribution in [0.2, 0.25) is 0 Å². The molecule has 2 aliphatic heterocycles. The summed E-state index contributed by atoms with van der Waals surface area (Å²) in [5.41, 5.74) is 7.96. The van der Waals surface area contributed by atoms with Crippen molar-refractivity contribution in [2.45, 2.75) is 22.5 Å². The molecule has 2 fully saturated rings. The maximum Gasteiger partial charge on any atom is 0.254 e. The average molecular weight is 509 g/mol. The van der Waals surface area contributed by atoms with Crippen molar-refractivity contribution >= 4 is 32.4 Å². The molecule has 0 bridgehead atoms. The lowest BCUT2D eigenvalue weighted by Gasteiger charge is -2.33. The van der Waals surface area contributed by atoms with Crippen LogP contribution < -0.4 is 5.73 Å². The van der Waals surface area contributed by atoms with E-state index in [1.807, 2.05) is 36.4 Å². The second-order valence-corrected chi connectivity index (χ2v) is 11.4. The first kappa shape index (κ1) is 24.4. The van der Waals surface area contributed by atoms with E-state index in [9.17, 15) is 18.0 Å². The van der Waals surface area contributed by atoms with Crippen LogP contribution in [0.5, 0.6) is 0 Å². The summed E-state index contributed by atoms with van der Waals surface area (Å²) in [7, 11) is -3.98. The normalized spacial score (nSPS) is 18.2. The molecule has 188 valence electrons. The van der Waals surface area contributed by atoms with Crippen molar-refractivity contribution in [2.24, 2.45) is 5.73 Å². The Balaban J connectivity index is 1.40. The number of nitrogens with two attached hydrogens (primary N) is 1. The van der Waals surface area contributed by atoms with Crippen LogP contribution in [0.4, 0.5) is 0 Å². The number of hydrogen-bond donors (Lipinski definition) is 1. The number of sulfone groups is 1. The first-order chi connectivity index (χ1) is 17.3. The van der Waals surface area contributed by atoms with Crippen LogP contribution in [0.25, 0.3) is 21.9 Å². The summed E-state index contributed by atoms with van der Waals surface area (Å²) in [5.74, 6) is -0.838. The van der Waals surface area contributed by atoms with Crippen molar-refractivity contribution in [2.75, 3.05) is 39.5 Å². The number of rotatable bonds is 5. The van der Waals surface area contributed by atoms with Gasteiger partial charge in [0.05, 0.1) is 18.1 Å². The molecular formula is C27H28N2O6S. The molecule has 2 amide bonds. The second-order valence-electron chi connectivity index (χ2n) is 9.18. The molecule has 3 aromatic rings. The number of carbonyl (C=O) groups is 2. The van der Waals surface area contributed by atoms with E-state index in [0.717, 1.165) is 21.9 Å². The van der Waals surface area contributed by atoms with E-state index in [1.165, 1.54) is 12.1 Å². The van der Waals surface area contributed by atoms with Gasteiger partial charge in [0.2, 0.25) is 5.91 Å². The van der Waals surface area contributed by atoms with Crippen LogP contribution in [0.3, 0.4) is 0 Å². The highest BCUT2D eigenvalue weighted by atomic mass is 32.2. The summed E-state index contributed by atoms with van der Waals surface area (Å²) in [6, 6.07) is 18.1.